The molecule has 170 valence electrons. The number of nitrogens with one attached hydrogen (secondary N) is 1. The number of hydrogen-bond donors (Lipinski definition) is 1. The molecule has 1 amide bonds. The van der Waals surface area contributed by atoms with Crippen LogP contribution in [0.2, 0.25) is 0 Å². The first kappa shape index (κ1) is 22.9. The number of methoxy groups -OCH3 is 1. The molecule has 2 aromatic carbocycles. The second-order valence-electron chi connectivity index (χ2n) is 6.61. The van der Waals surface area contributed by atoms with Crippen LogP contribution in [0.4, 0.5) is 8.78 Å². The van der Waals surface area contributed by atoms with Gasteiger partial charge in [0, 0.05) is 12.6 Å². The molecule has 0 radical (unpaired) electrons. The van der Waals surface area contributed by atoms with Gasteiger partial charge in [-0.2, -0.15) is 8.78 Å². The predicted molar refractivity (Wildman–Crippen MR) is 109 cm³/mol. The van der Waals surface area contributed by atoms with Gasteiger partial charge < -0.3 is 29.0 Å². The van der Waals surface area contributed by atoms with Crippen molar-refractivity contribution in [3.63, 3.8) is 0 Å². The number of ether oxygens (including phenoxy) is 5. The van der Waals surface area contributed by atoms with E-state index < -0.39 is 24.6 Å². The number of carbonyl (C=O) groups is 2. The normalized spacial score (nSPS) is 13.2. The first-order chi connectivity index (χ1) is 15.4. The molecule has 1 heterocycles. The molecule has 32 heavy (non-hydrogen) atoms. The Morgan fingerprint density at radius 3 is 2.66 bits per heavy atom. The molecule has 1 N–H and O–H groups in total. The van der Waals surface area contributed by atoms with Crippen LogP contribution in [0.1, 0.15) is 18.1 Å². The Kier molecular flexibility index (Phi) is 7.48. The van der Waals surface area contributed by atoms with Gasteiger partial charge in [-0.1, -0.05) is 12.1 Å². The predicted octanol–water partition coefficient (Wildman–Crippen LogP) is 3.29. The zero-order valence-corrected chi connectivity index (χ0v) is 17.3. The van der Waals surface area contributed by atoms with Crippen molar-refractivity contribution in [3.8, 4) is 23.0 Å². The van der Waals surface area contributed by atoms with E-state index >= 15 is 0 Å². The fraction of sp³-hybridized carbons (Fsp3) is 0.273. The number of rotatable bonds is 9. The molecule has 0 saturated carbocycles. The van der Waals surface area contributed by atoms with Gasteiger partial charge in [-0.25, -0.2) is 4.79 Å². The van der Waals surface area contributed by atoms with Crippen molar-refractivity contribution in [3.05, 3.63) is 53.6 Å². The largest absolute Gasteiger partial charge is 0.493 e. The van der Waals surface area contributed by atoms with Crippen LogP contribution in [0, 0.1) is 0 Å². The Balaban J connectivity index is 1.50. The van der Waals surface area contributed by atoms with Crippen molar-refractivity contribution < 1.29 is 42.1 Å². The monoisotopic (exact) mass is 449 g/mol. The van der Waals surface area contributed by atoms with Gasteiger partial charge in [0.05, 0.1) is 7.11 Å². The highest BCUT2D eigenvalue weighted by Gasteiger charge is 2.18. The van der Waals surface area contributed by atoms with Gasteiger partial charge >= 0.3 is 12.6 Å². The molecule has 10 heteroatoms. The van der Waals surface area contributed by atoms with E-state index in [1.54, 1.807) is 18.2 Å². The number of benzene rings is 2. The standard InChI is InChI=1S/C22H21F2NO7/c1-13(21(27)25-11-15-4-6-16-19(10-15)30-12-29-16)31-20(26)8-5-14-3-7-17(32-22(23)24)18(9-14)28-2/h3-10,13,22H,11-12H2,1-2H3,(H,25,27). The van der Waals surface area contributed by atoms with Crippen LogP contribution in [-0.2, 0) is 20.9 Å². The van der Waals surface area contributed by atoms with Gasteiger partial charge in [0.15, 0.2) is 29.1 Å². The van der Waals surface area contributed by atoms with Gasteiger partial charge in [-0.15, -0.1) is 0 Å². The summed E-state index contributed by atoms with van der Waals surface area (Å²) in [5, 5.41) is 2.68. The first-order valence-corrected chi connectivity index (χ1v) is 9.53. The summed E-state index contributed by atoms with van der Waals surface area (Å²) >= 11 is 0. The second-order valence-corrected chi connectivity index (χ2v) is 6.61. The van der Waals surface area contributed by atoms with Crippen molar-refractivity contribution in [1.82, 2.24) is 5.32 Å². The summed E-state index contributed by atoms with van der Waals surface area (Å²) < 4.78 is 49.7. The Morgan fingerprint density at radius 2 is 1.91 bits per heavy atom. The quantitative estimate of drug-likeness (QED) is 0.464. The summed E-state index contributed by atoms with van der Waals surface area (Å²) in [5.41, 5.74) is 1.29. The molecule has 0 spiro atoms. The maximum atomic E-state index is 12.4. The van der Waals surface area contributed by atoms with Crippen LogP contribution in [-0.4, -0.2) is 38.5 Å². The van der Waals surface area contributed by atoms with Crippen molar-refractivity contribution >= 4 is 18.0 Å². The van der Waals surface area contributed by atoms with Gasteiger partial charge in [0.2, 0.25) is 6.79 Å². The summed E-state index contributed by atoms with van der Waals surface area (Å²) in [4.78, 5) is 24.2. The minimum atomic E-state index is -2.99. The minimum Gasteiger partial charge on any atom is -0.493 e. The van der Waals surface area contributed by atoms with E-state index in [1.165, 1.54) is 38.3 Å². The lowest BCUT2D eigenvalue weighted by molar-refractivity contribution is -0.150. The number of esters is 1. The minimum absolute atomic E-state index is 0.0806. The fourth-order valence-electron chi connectivity index (χ4n) is 2.80. The smallest absolute Gasteiger partial charge is 0.387 e. The SMILES string of the molecule is COc1cc(C=CC(=O)OC(C)C(=O)NCc2ccc3c(c2)OCO3)ccc1OC(F)F. The van der Waals surface area contributed by atoms with Crippen molar-refractivity contribution in [2.75, 3.05) is 13.9 Å². The molecule has 8 nitrogen and oxygen atoms in total. The molecular weight excluding hydrogens is 428 g/mol. The maximum absolute atomic E-state index is 12.4. The lowest BCUT2D eigenvalue weighted by atomic mass is 10.2. The summed E-state index contributed by atoms with van der Waals surface area (Å²) in [6, 6.07) is 9.48. The second kappa shape index (κ2) is 10.5. The number of halogens is 2. The Hall–Kier alpha value is -3.82. The molecule has 1 aliphatic heterocycles. The third kappa shape index (κ3) is 6.10. The summed E-state index contributed by atoms with van der Waals surface area (Å²) in [6.45, 7) is -1.16. The zero-order valence-electron chi connectivity index (χ0n) is 17.3. The van der Waals surface area contributed by atoms with Crippen LogP contribution in [0.5, 0.6) is 23.0 Å². The van der Waals surface area contributed by atoms with Crippen molar-refractivity contribution in [2.45, 2.75) is 26.2 Å². The molecule has 0 saturated heterocycles. The Labute approximate surface area is 182 Å². The Morgan fingerprint density at radius 1 is 1.12 bits per heavy atom. The van der Waals surface area contributed by atoms with Crippen molar-refractivity contribution in [2.24, 2.45) is 0 Å². The van der Waals surface area contributed by atoms with Gasteiger partial charge in [-0.05, 0) is 48.4 Å². The summed E-state index contributed by atoms with van der Waals surface area (Å²) in [7, 11) is 1.30. The molecule has 0 fully saturated rings. The van der Waals surface area contributed by atoms with Crippen molar-refractivity contribution in [1.29, 1.82) is 0 Å². The molecule has 0 bridgehead atoms. The van der Waals surface area contributed by atoms with Gasteiger partial charge in [0.25, 0.3) is 5.91 Å². The number of amides is 1. The summed E-state index contributed by atoms with van der Waals surface area (Å²) in [5.74, 6) is -0.0241. The Bertz CT molecular complexity index is 1010. The average Bonchev–Trinajstić information content (AvgIpc) is 3.24. The lowest BCUT2D eigenvalue weighted by Crippen LogP contribution is -2.35. The molecule has 1 atom stereocenters. The van der Waals surface area contributed by atoms with E-state index in [2.05, 4.69) is 10.1 Å². The van der Waals surface area contributed by atoms with Crippen LogP contribution in [0.25, 0.3) is 6.08 Å². The lowest BCUT2D eigenvalue weighted by Gasteiger charge is -2.13. The molecule has 1 unspecified atom stereocenters. The van der Waals surface area contributed by atoms with Crippen LogP contribution >= 0.6 is 0 Å². The van der Waals surface area contributed by atoms with Gasteiger partial charge in [-0.3, -0.25) is 4.79 Å². The van der Waals surface area contributed by atoms with Gasteiger partial charge in [0.1, 0.15) is 0 Å². The van der Waals surface area contributed by atoms with E-state index in [9.17, 15) is 18.4 Å². The number of alkyl halides is 2. The highest BCUT2D eigenvalue weighted by molar-refractivity contribution is 5.90. The number of carbonyl (C=O) groups excluding carboxylic acids is 2. The van der Waals surface area contributed by atoms with E-state index in [0.717, 1.165) is 11.6 Å². The first-order valence-electron chi connectivity index (χ1n) is 9.53. The summed E-state index contributed by atoms with van der Waals surface area (Å²) in [6.07, 6.45) is 1.48. The van der Waals surface area contributed by atoms with E-state index in [1.807, 2.05) is 0 Å². The molecule has 0 aliphatic carbocycles. The maximum Gasteiger partial charge on any atom is 0.387 e. The zero-order chi connectivity index (χ0) is 23.1. The molecule has 2 aromatic rings. The van der Waals surface area contributed by atoms with E-state index in [0.29, 0.717) is 17.1 Å². The van der Waals surface area contributed by atoms with E-state index in [-0.39, 0.29) is 24.8 Å². The molecular formula is C22H21F2NO7. The topological polar surface area (TPSA) is 92.3 Å². The fourth-order valence-corrected chi connectivity index (χ4v) is 2.80. The third-order valence-corrected chi connectivity index (χ3v) is 4.38. The third-order valence-electron chi connectivity index (χ3n) is 4.38. The van der Waals surface area contributed by atoms with E-state index in [4.69, 9.17) is 18.9 Å². The highest BCUT2D eigenvalue weighted by atomic mass is 19.3. The number of hydrogen-bond acceptors (Lipinski definition) is 7. The van der Waals surface area contributed by atoms with Crippen LogP contribution < -0.4 is 24.3 Å². The van der Waals surface area contributed by atoms with Crippen LogP contribution in [0.3, 0.4) is 0 Å². The van der Waals surface area contributed by atoms with Crippen LogP contribution in [0.15, 0.2) is 42.5 Å². The molecule has 1 aliphatic rings. The molecule has 3 rings (SSSR count). The average molecular weight is 449 g/mol. The molecule has 0 aromatic heterocycles. The highest BCUT2D eigenvalue weighted by Crippen LogP contribution is 2.32. The number of fused-ring (bicyclic) bond motifs is 1.